The summed E-state index contributed by atoms with van der Waals surface area (Å²) in [7, 11) is 4.41. The molecule has 0 saturated heterocycles. The van der Waals surface area contributed by atoms with Crippen molar-refractivity contribution in [3.63, 3.8) is 0 Å². The minimum Gasteiger partial charge on any atom is -0.457 e. The Morgan fingerprint density at radius 1 is 0.456 bits per heavy atom. The molecule has 0 N–H and O–H groups in total. The van der Waals surface area contributed by atoms with Crippen molar-refractivity contribution in [2.24, 2.45) is 14.1 Å². The smallest absolute Gasteiger partial charge is 0.137 e. The van der Waals surface area contributed by atoms with Gasteiger partial charge in [0.2, 0.25) is 0 Å². The molecule has 0 aliphatic carbocycles. The highest BCUT2D eigenvalue weighted by molar-refractivity contribution is 6.25. The van der Waals surface area contributed by atoms with E-state index >= 15 is 0 Å². The molecule has 1 aliphatic heterocycles. The molecule has 0 fully saturated rings. The predicted octanol–water partition coefficient (Wildman–Crippen LogP) is 12.5. The number of anilines is 4. The van der Waals surface area contributed by atoms with Crippen LogP contribution in [0.15, 0.2) is 170 Å². The molecule has 11 aromatic rings. The molecule has 0 atom stereocenters. The number of nitrogens with zero attached hydrogens (tertiary/aromatic N) is 6. The van der Waals surface area contributed by atoms with Gasteiger partial charge >= 0.3 is 0 Å². The van der Waals surface area contributed by atoms with Crippen LogP contribution in [0.1, 0.15) is 0 Å². The Hall–Kier alpha value is -7.51. The quantitative estimate of drug-likeness (QED) is 0.176. The van der Waals surface area contributed by atoms with E-state index in [0.717, 1.165) is 45.1 Å². The molecule has 57 heavy (non-hydrogen) atoms. The van der Waals surface area contributed by atoms with Crippen molar-refractivity contribution in [1.29, 1.82) is 0 Å². The van der Waals surface area contributed by atoms with E-state index in [0.29, 0.717) is 6.67 Å². The average Bonchev–Trinajstić information content (AvgIpc) is 3.98. The second kappa shape index (κ2) is 12.0. The Balaban J connectivity index is 0.986. The van der Waals surface area contributed by atoms with Gasteiger partial charge in [-0.3, -0.25) is 4.57 Å². The van der Waals surface area contributed by atoms with E-state index in [1.165, 1.54) is 60.4 Å². The third-order valence-electron chi connectivity index (χ3n) is 11.9. The van der Waals surface area contributed by atoms with E-state index in [1.807, 2.05) is 30.5 Å². The number of hydrogen-bond donors (Lipinski definition) is 0. The standard InChI is InChI=1S/C50H36N6O/c1-52-41-19-6-3-17-36(41)39-30-40-37-18-4-7-20-42(37)53(2)49(40)50(48(39)52)55-31-54(44-22-9-10-23-45(44)55)32-14-13-15-33(28-32)57-34-25-26-38-35-16-5-8-21-43(35)56(46(38)29-34)47-24-11-12-27-51-47/h3-30H,31H2,1-2H3. The molecule has 0 radical (unpaired) electrons. The lowest BCUT2D eigenvalue weighted by molar-refractivity contribution is 0.483. The van der Waals surface area contributed by atoms with Gasteiger partial charge < -0.3 is 23.7 Å². The van der Waals surface area contributed by atoms with Crippen molar-refractivity contribution in [2.45, 2.75) is 0 Å². The van der Waals surface area contributed by atoms with Gasteiger partial charge in [0, 0.05) is 81.5 Å². The van der Waals surface area contributed by atoms with Crippen molar-refractivity contribution < 1.29 is 4.74 Å². The van der Waals surface area contributed by atoms with Crippen LogP contribution in [0.5, 0.6) is 11.5 Å². The van der Waals surface area contributed by atoms with Crippen LogP contribution in [0.2, 0.25) is 0 Å². The molecule has 272 valence electrons. The van der Waals surface area contributed by atoms with Gasteiger partial charge in [0.05, 0.1) is 39.1 Å². The van der Waals surface area contributed by atoms with Gasteiger partial charge in [-0.1, -0.05) is 78.9 Å². The molecule has 0 unspecified atom stereocenters. The molecule has 7 nitrogen and oxygen atoms in total. The number of ether oxygens (including phenoxy) is 1. The number of fused-ring (bicyclic) bond motifs is 10. The molecule has 7 aromatic carbocycles. The largest absolute Gasteiger partial charge is 0.457 e. The summed E-state index contributed by atoms with van der Waals surface area (Å²) in [5, 5.41) is 7.39. The zero-order chi connectivity index (χ0) is 37.8. The zero-order valence-electron chi connectivity index (χ0n) is 31.5. The fourth-order valence-corrected chi connectivity index (χ4v) is 9.45. The summed E-state index contributed by atoms with van der Waals surface area (Å²) in [4.78, 5) is 9.62. The van der Waals surface area contributed by atoms with Crippen molar-refractivity contribution in [2.75, 3.05) is 16.5 Å². The number of para-hydroxylation sites is 5. The number of aromatic nitrogens is 4. The van der Waals surface area contributed by atoms with Crippen LogP contribution in [0.3, 0.4) is 0 Å². The summed E-state index contributed by atoms with van der Waals surface area (Å²) in [6.07, 6.45) is 1.84. The maximum atomic E-state index is 6.71. The van der Waals surface area contributed by atoms with E-state index in [4.69, 9.17) is 9.72 Å². The van der Waals surface area contributed by atoms with Gasteiger partial charge in [0.1, 0.15) is 24.0 Å². The average molecular weight is 737 g/mol. The summed E-state index contributed by atoms with van der Waals surface area (Å²) in [5.41, 5.74) is 11.6. The van der Waals surface area contributed by atoms with Crippen LogP contribution >= 0.6 is 0 Å². The number of rotatable bonds is 5. The molecule has 0 bridgehead atoms. The van der Waals surface area contributed by atoms with Gasteiger partial charge in [-0.2, -0.15) is 0 Å². The summed E-state index contributed by atoms with van der Waals surface area (Å²) < 4.78 is 13.7. The second-order valence-corrected chi connectivity index (χ2v) is 15.0. The second-order valence-electron chi connectivity index (χ2n) is 15.0. The fourth-order valence-electron chi connectivity index (χ4n) is 9.45. The van der Waals surface area contributed by atoms with Crippen LogP contribution in [0.25, 0.3) is 71.2 Å². The number of hydrogen-bond acceptors (Lipinski definition) is 4. The number of pyridine rings is 1. The van der Waals surface area contributed by atoms with Gasteiger partial charge in [-0.25, -0.2) is 4.98 Å². The summed E-state index contributed by atoms with van der Waals surface area (Å²) in [6, 6.07) is 58.0. The van der Waals surface area contributed by atoms with E-state index < -0.39 is 0 Å². The van der Waals surface area contributed by atoms with E-state index in [-0.39, 0.29) is 0 Å². The molecular formula is C50H36N6O. The van der Waals surface area contributed by atoms with E-state index in [9.17, 15) is 0 Å². The lowest BCUT2D eigenvalue weighted by Crippen LogP contribution is -2.25. The topological polar surface area (TPSA) is 43.4 Å². The Bertz CT molecular complexity index is 3320. The fraction of sp³-hybridized carbons (Fsp3) is 0.0600. The summed E-state index contributed by atoms with van der Waals surface area (Å²) >= 11 is 0. The molecule has 4 aromatic heterocycles. The predicted molar refractivity (Wildman–Crippen MR) is 235 cm³/mol. The molecular weight excluding hydrogens is 701 g/mol. The van der Waals surface area contributed by atoms with E-state index in [2.05, 4.69) is 177 Å². The maximum Gasteiger partial charge on any atom is 0.137 e. The third kappa shape index (κ3) is 4.57. The van der Waals surface area contributed by atoms with E-state index in [1.54, 1.807) is 0 Å². The Morgan fingerprint density at radius 3 is 1.72 bits per heavy atom. The van der Waals surface area contributed by atoms with Crippen LogP contribution in [-0.2, 0) is 14.1 Å². The number of aryl methyl sites for hydroxylation is 2. The highest BCUT2D eigenvalue weighted by Gasteiger charge is 2.33. The van der Waals surface area contributed by atoms with Crippen LogP contribution < -0.4 is 14.5 Å². The molecule has 1 aliphatic rings. The molecule has 0 spiro atoms. The zero-order valence-corrected chi connectivity index (χ0v) is 31.5. The molecule has 0 saturated carbocycles. The highest BCUT2D eigenvalue weighted by Crippen LogP contribution is 2.51. The lowest BCUT2D eigenvalue weighted by atomic mass is 10.1. The highest BCUT2D eigenvalue weighted by atomic mass is 16.5. The summed E-state index contributed by atoms with van der Waals surface area (Å²) in [6.45, 7) is 0.635. The Kier molecular flexibility index (Phi) is 6.69. The molecule has 7 heteroatoms. The molecule has 0 amide bonds. The first-order valence-electron chi connectivity index (χ1n) is 19.4. The van der Waals surface area contributed by atoms with Gasteiger partial charge in [0.15, 0.2) is 0 Å². The summed E-state index contributed by atoms with van der Waals surface area (Å²) in [5.74, 6) is 2.42. The first-order chi connectivity index (χ1) is 28.1. The normalized spacial score (nSPS) is 12.9. The first kappa shape index (κ1) is 31.8. The van der Waals surface area contributed by atoms with Crippen molar-refractivity contribution in [3.8, 4) is 17.3 Å². The molecule has 12 rings (SSSR count). The van der Waals surface area contributed by atoms with Crippen molar-refractivity contribution in [1.82, 2.24) is 18.7 Å². The SMILES string of the molecule is Cn1c2ccccc2c2cc3c4ccccc4n(C)c3c(N3CN(c4cccc(Oc5ccc6c7ccccc7n(-c7ccccn7)c6c5)c4)c4ccccc43)c21. The number of benzene rings is 7. The van der Waals surface area contributed by atoms with Gasteiger partial charge in [-0.15, -0.1) is 0 Å². The maximum absolute atomic E-state index is 6.71. The first-order valence-corrected chi connectivity index (χ1v) is 19.4. The van der Waals surface area contributed by atoms with Crippen LogP contribution in [0, 0.1) is 0 Å². The third-order valence-corrected chi connectivity index (χ3v) is 11.9. The van der Waals surface area contributed by atoms with Crippen molar-refractivity contribution >= 4 is 88.2 Å². The minimum absolute atomic E-state index is 0.635. The lowest BCUT2D eigenvalue weighted by Gasteiger charge is -2.25. The minimum atomic E-state index is 0.635. The van der Waals surface area contributed by atoms with Gasteiger partial charge in [-0.05, 0) is 72.8 Å². The van der Waals surface area contributed by atoms with Gasteiger partial charge in [0.25, 0.3) is 0 Å². The van der Waals surface area contributed by atoms with Crippen LogP contribution in [0.4, 0.5) is 22.7 Å². The Morgan fingerprint density at radius 2 is 1.04 bits per heavy atom. The van der Waals surface area contributed by atoms with Crippen LogP contribution in [-0.4, -0.2) is 25.4 Å². The molecule has 5 heterocycles. The van der Waals surface area contributed by atoms with Crippen molar-refractivity contribution in [3.05, 3.63) is 170 Å². The monoisotopic (exact) mass is 736 g/mol. The Labute approximate surface area is 328 Å².